The smallest absolute Gasteiger partial charge is 0.277 e. The lowest BCUT2D eigenvalue weighted by atomic mass is 10.1. The minimum atomic E-state index is -4.92. The second-order valence-corrected chi connectivity index (χ2v) is 11.5. The highest BCUT2D eigenvalue weighted by Gasteiger charge is 2.29. The molecule has 39 heavy (non-hydrogen) atoms. The molecular formula is C22H35N7O8S2. The zero-order valence-corrected chi connectivity index (χ0v) is 24.2. The fourth-order valence-corrected chi connectivity index (χ4v) is 5.54. The van der Waals surface area contributed by atoms with Gasteiger partial charge >= 0.3 is 0 Å². The van der Waals surface area contributed by atoms with E-state index in [0.717, 1.165) is 12.1 Å². The van der Waals surface area contributed by atoms with E-state index in [1.807, 2.05) is 20.9 Å². The third kappa shape index (κ3) is 7.81. The van der Waals surface area contributed by atoms with Gasteiger partial charge in [0.05, 0.1) is 22.8 Å². The van der Waals surface area contributed by atoms with Gasteiger partial charge in [0.1, 0.15) is 17.1 Å². The monoisotopic (exact) mass is 589 g/mol. The average molecular weight is 590 g/mol. The summed E-state index contributed by atoms with van der Waals surface area (Å²) < 4.78 is 68.3. The second-order valence-electron chi connectivity index (χ2n) is 8.66. The van der Waals surface area contributed by atoms with Gasteiger partial charge in [-0.3, -0.25) is 14.0 Å². The van der Waals surface area contributed by atoms with Gasteiger partial charge in [-0.15, -0.1) is 0 Å². The van der Waals surface area contributed by atoms with Crippen molar-refractivity contribution in [1.29, 1.82) is 0 Å². The van der Waals surface area contributed by atoms with Crippen molar-refractivity contribution in [2.45, 2.75) is 31.6 Å². The number of H-pyrrole nitrogens is 1. The zero-order chi connectivity index (χ0) is 28.3. The van der Waals surface area contributed by atoms with E-state index in [2.05, 4.69) is 15.0 Å². The maximum Gasteiger partial charge on any atom is 0.277 e. The molecule has 0 saturated carbocycles. The van der Waals surface area contributed by atoms with E-state index in [1.54, 1.807) is 25.2 Å². The molecule has 218 valence electrons. The van der Waals surface area contributed by atoms with E-state index in [1.165, 1.54) is 8.99 Å². The molecule has 0 unspecified atom stereocenters. The summed E-state index contributed by atoms with van der Waals surface area (Å²) in [7, 11) is -4.92. The van der Waals surface area contributed by atoms with Crippen LogP contribution in [0, 0.1) is 0 Å². The first-order valence-corrected chi connectivity index (χ1v) is 14.7. The predicted octanol–water partition coefficient (Wildman–Crippen LogP) is 0.992. The van der Waals surface area contributed by atoms with Crippen molar-refractivity contribution in [1.82, 2.24) is 35.1 Å². The topological polar surface area (TPSA) is 227 Å². The zero-order valence-electron chi connectivity index (χ0n) is 22.5. The molecule has 0 bridgehead atoms. The Bertz CT molecular complexity index is 1550. The molecule has 0 amide bonds. The lowest BCUT2D eigenvalue weighted by Gasteiger charge is -2.31. The van der Waals surface area contributed by atoms with Crippen LogP contribution in [-0.2, 0) is 33.9 Å². The Morgan fingerprint density at radius 1 is 1.10 bits per heavy atom. The molecule has 17 heteroatoms. The van der Waals surface area contributed by atoms with Gasteiger partial charge in [0.2, 0.25) is 20.4 Å². The summed E-state index contributed by atoms with van der Waals surface area (Å²) in [4.78, 5) is 22.7. The van der Waals surface area contributed by atoms with Crippen LogP contribution in [0.4, 0.5) is 0 Å². The highest BCUT2D eigenvalue weighted by atomic mass is 32.3. The van der Waals surface area contributed by atoms with Gasteiger partial charge in [-0.25, -0.2) is 21.8 Å². The van der Waals surface area contributed by atoms with E-state index in [-0.39, 0.29) is 22.4 Å². The Morgan fingerprint density at radius 2 is 1.72 bits per heavy atom. The van der Waals surface area contributed by atoms with Crippen molar-refractivity contribution in [2.24, 2.45) is 7.05 Å². The molecule has 1 aliphatic rings. The third-order valence-electron chi connectivity index (χ3n) is 5.86. The van der Waals surface area contributed by atoms with Crippen LogP contribution in [0.15, 0.2) is 27.9 Å². The lowest BCUT2D eigenvalue weighted by molar-refractivity contribution is 0.222. The molecule has 3 aromatic rings. The summed E-state index contributed by atoms with van der Waals surface area (Å²) in [6, 6.07) is 4.71. The highest BCUT2D eigenvalue weighted by Crippen LogP contribution is 2.32. The number of hydrogen-bond donors (Lipinski definition) is 3. The minimum Gasteiger partial charge on any atom is -0.726 e. The first-order chi connectivity index (χ1) is 17.8. The maximum absolute atomic E-state index is 13.3. The van der Waals surface area contributed by atoms with Crippen LogP contribution >= 0.6 is 0 Å². The molecule has 15 nitrogen and oxygen atoms in total. The molecule has 0 atom stereocenters. The molecule has 4 rings (SSSR count). The number of fused-ring (bicyclic) bond motifs is 1. The van der Waals surface area contributed by atoms with Crippen molar-refractivity contribution in [3.8, 4) is 17.1 Å². The maximum atomic E-state index is 13.3. The number of aryl methyl sites for hydroxylation is 2. The highest BCUT2D eigenvalue weighted by molar-refractivity contribution is 7.89. The fraction of sp³-hybridized carbons (Fsp3) is 0.500. The Balaban J connectivity index is 0.000000816. The number of ether oxygens (including phenoxy) is 1. The van der Waals surface area contributed by atoms with Crippen LogP contribution in [0.25, 0.3) is 22.4 Å². The van der Waals surface area contributed by atoms with Gasteiger partial charge in [-0.2, -0.15) is 9.40 Å². The van der Waals surface area contributed by atoms with Gasteiger partial charge in [-0.05, 0) is 38.6 Å². The molecule has 0 aliphatic carbocycles. The summed E-state index contributed by atoms with van der Waals surface area (Å²) in [6.45, 7) is 6.48. The number of rotatable bonds is 7. The van der Waals surface area contributed by atoms with E-state index in [9.17, 15) is 13.2 Å². The molecule has 6 N–H and O–H groups in total. The normalized spacial score (nSPS) is 14.9. The van der Waals surface area contributed by atoms with Crippen molar-refractivity contribution in [3.05, 3.63) is 34.2 Å². The summed E-state index contributed by atoms with van der Waals surface area (Å²) in [5.41, 5.74) is 1.75. The largest absolute Gasteiger partial charge is 0.726 e. The van der Waals surface area contributed by atoms with E-state index < -0.39 is 20.4 Å². The molecule has 0 spiro atoms. The number of sulfonamides is 1. The average Bonchev–Trinajstić information content (AvgIpc) is 3.14. The third-order valence-corrected chi connectivity index (χ3v) is 7.75. The van der Waals surface area contributed by atoms with E-state index in [4.69, 9.17) is 27.2 Å². The molecule has 2 aromatic heterocycles. The number of hydrogen-bond acceptors (Lipinski definition) is 10. The summed E-state index contributed by atoms with van der Waals surface area (Å²) in [6.07, 6.45) is 1.54. The Morgan fingerprint density at radius 3 is 2.28 bits per heavy atom. The molecule has 1 aromatic carbocycles. The molecule has 0 radical (unpaired) electrons. The Kier molecular flexibility index (Phi) is 10.7. The first kappa shape index (κ1) is 32.3. The summed E-state index contributed by atoms with van der Waals surface area (Å²) in [5, 5.41) is 4.45. The Hall–Kier alpha value is -2.93. The van der Waals surface area contributed by atoms with Crippen LogP contribution < -0.4 is 16.4 Å². The number of likely N-dealkylation sites (N-methyl/N-ethyl adjacent to an activating group) is 1. The fourth-order valence-electron chi connectivity index (χ4n) is 4.09. The standard InChI is InChI=1S/C22H30N6O4S.H3N.H2O4S/c1-5-7-17-19-20(27(4)25-17)22(29)24-21(23-19)16-14-15(8-9-18(16)32-6-2)33(30,31)28-12-10-26(3)11-13-28;;1-5(2,3)4/h8-9,14H,5-7,10-13H2,1-4H3,(H,23,24,29);1H3;(H2,1,2,3,4). The lowest BCUT2D eigenvalue weighted by Crippen LogP contribution is -2.47. The quantitative estimate of drug-likeness (QED) is 0.260. The molecule has 1 aliphatic heterocycles. The summed E-state index contributed by atoms with van der Waals surface area (Å²) in [5.74, 6) is 0.718. The number of aromatic nitrogens is 4. The van der Waals surface area contributed by atoms with Crippen molar-refractivity contribution < 1.29 is 30.7 Å². The molecule has 1 saturated heterocycles. The van der Waals surface area contributed by atoms with Crippen molar-refractivity contribution in [3.63, 3.8) is 0 Å². The van der Waals surface area contributed by atoms with Gasteiger partial charge in [0.25, 0.3) is 5.56 Å². The van der Waals surface area contributed by atoms with Crippen LogP contribution in [0.5, 0.6) is 5.75 Å². The van der Waals surface area contributed by atoms with E-state index >= 15 is 0 Å². The SMILES string of the molecule is CCCc1nn(C)c2c(=O)[nH]c(-c3cc(S(=O)(=O)N4CCN(C)CC4)ccc3OCC)nc12.O=S(=O)([O-])O.[NH4+]. The number of benzene rings is 1. The van der Waals surface area contributed by atoms with Crippen LogP contribution in [0.1, 0.15) is 26.0 Å². The minimum absolute atomic E-state index is 0. The van der Waals surface area contributed by atoms with Crippen molar-refractivity contribution >= 4 is 31.5 Å². The van der Waals surface area contributed by atoms with Gasteiger partial charge in [0.15, 0.2) is 5.52 Å². The number of quaternary nitrogens is 1. The second kappa shape index (κ2) is 12.9. The number of nitrogens with one attached hydrogen (secondary N) is 1. The summed E-state index contributed by atoms with van der Waals surface area (Å²) >= 11 is 0. The molecule has 1 fully saturated rings. The van der Waals surface area contributed by atoms with Gasteiger partial charge in [-0.1, -0.05) is 13.3 Å². The number of piperazine rings is 1. The molecule has 3 heterocycles. The first-order valence-electron chi connectivity index (χ1n) is 11.9. The van der Waals surface area contributed by atoms with Crippen LogP contribution in [-0.4, -0.2) is 94.7 Å². The predicted molar refractivity (Wildman–Crippen MR) is 144 cm³/mol. The van der Waals surface area contributed by atoms with Gasteiger partial charge < -0.3 is 25.3 Å². The van der Waals surface area contributed by atoms with Gasteiger partial charge in [0, 0.05) is 33.2 Å². The molecular weight excluding hydrogens is 554 g/mol. The number of nitrogens with zero attached hydrogens (tertiary/aromatic N) is 5. The number of aromatic amines is 1. The van der Waals surface area contributed by atoms with Crippen molar-refractivity contribution in [2.75, 3.05) is 39.8 Å². The Labute approximate surface area is 227 Å². The van der Waals surface area contributed by atoms with Crippen LogP contribution in [0.2, 0.25) is 0 Å². The van der Waals surface area contributed by atoms with Crippen LogP contribution in [0.3, 0.4) is 0 Å². The van der Waals surface area contributed by atoms with E-state index in [0.29, 0.717) is 61.6 Å².